The Morgan fingerprint density at radius 3 is 2.57 bits per heavy atom. The first-order chi connectivity index (χ1) is 14.7. The number of aromatic nitrogens is 1. The highest BCUT2D eigenvalue weighted by Gasteiger charge is 2.30. The lowest BCUT2D eigenvalue weighted by molar-refractivity contribution is 0.415. The molecule has 0 N–H and O–H groups in total. The van der Waals surface area contributed by atoms with Crippen molar-refractivity contribution in [3.63, 3.8) is 0 Å². The van der Waals surface area contributed by atoms with Crippen molar-refractivity contribution >= 4 is 72.0 Å². The van der Waals surface area contributed by atoms with Gasteiger partial charge in [-0.3, -0.25) is 4.90 Å². The maximum atomic E-state index is 6.38. The van der Waals surface area contributed by atoms with Crippen molar-refractivity contribution < 1.29 is 4.74 Å². The number of rotatable bonds is 1. The minimum absolute atomic E-state index is 0.715. The van der Waals surface area contributed by atoms with Crippen LogP contribution in [0.5, 0.6) is 5.75 Å². The molecule has 3 aliphatic rings. The third-order valence-electron chi connectivity index (χ3n) is 6.24. The molecular formula is C26H15ClN2O. The third kappa shape index (κ3) is 1.93. The molecule has 0 aliphatic carbocycles. The van der Waals surface area contributed by atoms with Crippen molar-refractivity contribution in [2.75, 3.05) is 12.0 Å². The first-order valence-electron chi connectivity index (χ1n) is 9.88. The molecule has 0 atom stereocenters. The first kappa shape index (κ1) is 16.3. The van der Waals surface area contributed by atoms with E-state index in [0.717, 1.165) is 33.5 Å². The van der Waals surface area contributed by atoms with Gasteiger partial charge in [0.05, 0.1) is 24.0 Å². The molecule has 4 aromatic rings. The van der Waals surface area contributed by atoms with Gasteiger partial charge >= 0.3 is 0 Å². The van der Waals surface area contributed by atoms with E-state index in [2.05, 4.69) is 59.5 Å². The zero-order valence-corrected chi connectivity index (χ0v) is 16.9. The van der Waals surface area contributed by atoms with Crippen molar-refractivity contribution in [2.24, 2.45) is 0 Å². The summed E-state index contributed by atoms with van der Waals surface area (Å²) in [7, 11) is 1.71. The van der Waals surface area contributed by atoms with Gasteiger partial charge in [0.15, 0.2) is 0 Å². The maximum absolute atomic E-state index is 6.38. The summed E-state index contributed by atoms with van der Waals surface area (Å²) in [6.45, 7) is 0. The van der Waals surface area contributed by atoms with Crippen LogP contribution in [0.3, 0.4) is 0 Å². The number of nitrogens with zero attached hydrogens (tertiary/aromatic N) is 2. The van der Waals surface area contributed by atoms with Crippen LogP contribution in [0.15, 0.2) is 72.8 Å². The minimum Gasteiger partial charge on any atom is -0.497 e. The lowest BCUT2D eigenvalue weighted by Gasteiger charge is -2.35. The Morgan fingerprint density at radius 1 is 0.800 bits per heavy atom. The number of methoxy groups -OCH3 is 1. The molecule has 0 saturated heterocycles. The molecule has 0 bridgehead atoms. The summed E-state index contributed by atoms with van der Waals surface area (Å²) >= 11 is 6.38. The Bertz CT molecular complexity index is 1660. The number of benzene rings is 4. The number of halogens is 1. The van der Waals surface area contributed by atoms with E-state index < -0.39 is 0 Å². The largest absolute Gasteiger partial charge is 0.497 e. The van der Waals surface area contributed by atoms with Gasteiger partial charge in [0, 0.05) is 26.6 Å². The standard InChI is InChI=1S/C26H15ClN2O/c1-30-17-8-10-18-21(13-17)19-9-6-14-3-2-4-22-24(14)25(19)29-23(18)11-15-5-7-16(27)12-20(15)26(29)28-22/h2-13H,1H3. The molecule has 0 fully saturated rings. The molecular weight excluding hydrogens is 392 g/mol. The Hall–Kier alpha value is -3.56. The van der Waals surface area contributed by atoms with Crippen LogP contribution >= 0.6 is 11.6 Å². The van der Waals surface area contributed by atoms with Gasteiger partial charge in [-0.05, 0) is 58.6 Å². The van der Waals surface area contributed by atoms with Crippen molar-refractivity contribution in [1.82, 2.24) is 4.98 Å². The van der Waals surface area contributed by atoms with E-state index in [9.17, 15) is 0 Å². The van der Waals surface area contributed by atoms with Crippen LogP contribution in [0, 0.1) is 0 Å². The van der Waals surface area contributed by atoms with Gasteiger partial charge in [0.25, 0.3) is 0 Å². The highest BCUT2D eigenvalue weighted by molar-refractivity contribution is 6.32. The summed E-state index contributed by atoms with van der Waals surface area (Å²) in [6, 6.07) is 25.3. The van der Waals surface area contributed by atoms with Gasteiger partial charge in [0.2, 0.25) is 0 Å². The van der Waals surface area contributed by atoms with Gasteiger partial charge in [-0.2, -0.15) is 0 Å². The van der Waals surface area contributed by atoms with E-state index >= 15 is 0 Å². The fourth-order valence-electron chi connectivity index (χ4n) is 4.92. The van der Waals surface area contributed by atoms with Gasteiger partial charge in [0.1, 0.15) is 11.6 Å². The summed E-state index contributed by atoms with van der Waals surface area (Å²) in [5.74, 6) is 1.79. The Balaban J connectivity index is 1.84. The lowest BCUT2D eigenvalue weighted by atomic mass is 9.92. The van der Waals surface area contributed by atoms with Gasteiger partial charge in [-0.1, -0.05) is 41.9 Å². The van der Waals surface area contributed by atoms with Gasteiger partial charge < -0.3 is 4.74 Å². The van der Waals surface area contributed by atoms with Crippen LogP contribution in [0.1, 0.15) is 0 Å². The monoisotopic (exact) mass is 406 g/mol. The lowest BCUT2D eigenvalue weighted by Crippen LogP contribution is -2.18. The van der Waals surface area contributed by atoms with Gasteiger partial charge in [-0.15, -0.1) is 0 Å². The second-order valence-corrected chi connectivity index (χ2v) is 8.22. The van der Waals surface area contributed by atoms with E-state index in [1.165, 1.54) is 32.6 Å². The van der Waals surface area contributed by atoms with Crippen molar-refractivity contribution in [3.05, 3.63) is 77.8 Å². The smallest absolute Gasteiger partial charge is 0.146 e. The Morgan fingerprint density at radius 2 is 1.67 bits per heavy atom. The number of anilines is 3. The average molecular weight is 407 g/mol. The summed E-state index contributed by atoms with van der Waals surface area (Å²) in [5.41, 5.74) is 3.32. The fourth-order valence-corrected chi connectivity index (χ4v) is 5.10. The molecule has 3 heterocycles. The molecule has 4 heteroatoms. The molecule has 0 radical (unpaired) electrons. The highest BCUT2D eigenvalue weighted by Crippen LogP contribution is 2.54. The molecule has 3 nitrogen and oxygen atoms in total. The molecule has 142 valence electrons. The second kappa shape index (κ2) is 5.53. The number of fused-ring (bicyclic) bond motifs is 5. The van der Waals surface area contributed by atoms with Crippen LogP contribution in [0.4, 0.5) is 17.2 Å². The SMILES string of the molecule is COc1ccc2c3cc4ccc(Cl)cc4c4nc5cccc6ccc(c(c65)N43)c2c1. The average Bonchev–Trinajstić information content (AvgIpc) is 2.78. The number of ether oxygens (including phenoxy) is 1. The maximum Gasteiger partial charge on any atom is 0.146 e. The molecule has 4 aromatic carbocycles. The second-order valence-electron chi connectivity index (χ2n) is 7.78. The fraction of sp³-hybridized carbons (Fsp3) is 0.0385. The first-order valence-corrected chi connectivity index (χ1v) is 10.3. The normalized spacial score (nSPS) is 12.9. The third-order valence-corrected chi connectivity index (χ3v) is 6.48. The summed E-state index contributed by atoms with van der Waals surface area (Å²) in [5, 5.41) is 8.83. The summed E-state index contributed by atoms with van der Waals surface area (Å²) in [6.07, 6.45) is 0. The van der Waals surface area contributed by atoms with E-state index in [0.29, 0.717) is 5.02 Å². The molecule has 0 aromatic heterocycles. The molecule has 0 amide bonds. The molecule has 3 aliphatic heterocycles. The van der Waals surface area contributed by atoms with Gasteiger partial charge in [-0.25, -0.2) is 4.98 Å². The Kier molecular flexibility index (Phi) is 3.00. The van der Waals surface area contributed by atoms with Crippen molar-refractivity contribution in [2.45, 2.75) is 0 Å². The van der Waals surface area contributed by atoms with Crippen LogP contribution in [-0.4, -0.2) is 12.1 Å². The van der Waals surface area contributed by atoms with Crippen LogP contribution < -0.4 is 9.64 Å². The summed E-state index contributed by atoms with van der Waals surface area (Å²) in [4.78, 5) is 7.42. The number of hydrogen-bond acceptors (Lipinski definition) is 3. The topological polar surface area (TPSA) is 25.4 Å². The minimum atomic E-state index is 0.715. The van der Waals surface area contributed by atoms with E-state index in [-0.39, 0.29) is 0 Å². The zero-order valence-electron chi connectivity index (χ0n) is 16.1. The predicted molar refractivity (Wildman–Crippen MR) is 125 cm³/mol. The molecule has 0 spiro atoms. The van der Waals surface area contributed by atoms with Crippen molar-refractivity contribution in [1.29, 1.82) is 0 Å². The van der Waals surface area contributed by atoms with E-state index in [1.807, 2.05) is 18.2 Å². The molecule has 30 heavy (non-hydrogen) atoms. The Labute approximate surface area is 177 Å². The highest BCUT2D eigenvalue weighted by atomic mass is 35.5. The van der Waals surface area contributed by atoms with E-state index in [1.54, 1.807) is 7.11 Å². The zero-order chi connectivity index (χ0) is 20.0. The van der Waals surface area contributed by atoms with Crippen LogP contribution in [0.25, 0.3) is 43.2 Å². The molecule has 7 rings (SSSR count). The quantitative estimate of drug-likeness (QED) is 0.281. The number of hydrogen-bond donors (Lipinski definition) is 0. The molecule has 0 unspecified atom stereocenters. The predicted octanol–water partition coefficient (Wildman–Crippen LogP) is 7.58. The van der Waals surface area contributed by atoms with E-state index in [4.69, 9.17) is 21.3 Å². The van der Waals surface area contributed by atoms with Crippen molar-refractivity contribution in [3.8, 4) is 5.75 Å². The van der Waals surface area contributed by atoms with Crippen LogP contribution in [-0.2, 0) is 0 Å². The summed E-state index contributed by atoms with van der Waals surface area (Å²) < 4.78 is 5.55. The van der Waals surface area contributed by atoms with Crippen LogP contribution in [0.2, 0.25) is 5.02 Å². The molecule has 0 saturated carbocycles.